The van der Waals surface area contributed by atoms with Crippen molar-refractivity contribution < 1.29 is 9.90 Å². The number of carbonyl (C=O) groups excluding carboxylic acids is 1. The number of carboxylic acid groups (broad SMARTS) is 1. The first-order valence-corrected chi connectivity index (χ1v) is 6.38. The Labute approximate surface area is 119 Å². The van der Waals surface area contributed by atoms with Crippen LogP contribution < -0.4 is 16.1 Å². The number of hydrogen-bond acceptors (Lipinski definition) is 4. The molecule has 0 aliphatic carbocycles. The molecule has 0 spiro atoms. The lowest BCUT2D eigenvalue weighted by Gasteiger charge is -2.07. The van der Waals surface area contributed by atoms with E-state index in [4.69, 9.17) is 0 Å². The minimum Gasteiger partial charge on any atom is -0.548 e. The Hall–Kier alpha value is -3.02. The summed E-state index contributed by atoms with van der Waals surface area (Å²) in [6.45, 7) is -0.468. The number of aliphatic carboxylic acids is 1. The molecular formula is C15H12N3O3-. The van der Waals surface area contributed by atoms with Gasteiger partial charge in [-0.05, 0) is 30.3 Å². The zero-order valence-electron chi connectivity index (χ0n) is 11.0. The number of aromatic amines is 1. The molecule has 0 aliphatic heterocycles. The fourth-order valence-electron chi connectivity index (χ4n) is 2.22. The molecule has 6 nitrogen and oxygen atoms in total. The average molecular weight is 282 g/mol. The number of anilines is 2. The van der Waals surface area contributed by atoms with Gasteiger partial charge in [0, 0.05) is 11.4 Å². The molecule has 3 rings (SSSR count). The number of fused-ring (bicyclic) bond motifs is 1. The van der Waals surface area contributed by atoms with Crippen LogP contribution in [0.5, 0.6) is 0 Å². The summed E-state index contributed by atoms with van der Waals surface area (Å²) in [6, 6.07) is 14.8. The lowest BCUT2D eigenvalue weighted by molar-refractivity contribution is -0.306. The molecule has 3 aromatic rings. The van der Waals surface area contributed by atoms with Crippen LogP contribution in [0, 0.1) is 0 Å². The SMILES string of the molecule is O=C([O-])Cn1c(=O)[nH]c2cc(Nc3ccccc3)ccc21. The summed E-state index contributed by atoms with van der Waals surface area (Å²) < 4.78 is 1.14. The van der Waals surface area contributed by atoms with Crippen molar-refractivity contribution in [3.05, 3.63) is 59.0 Å². The highest BCUT2D eigenvalue weighted by Gasteiger charge is 2.07. The van der Waals surface area contributed by atoms with Crippen LogP contribution in [0.15, 0.2) is 53.3 Å². The number of benzene rings is 2. The van der Waals surface area contributed by atoms with Gasteiger partial charge in [0.15, 0.2) is 0 Å². The number of imidazole rings is 1. The van der Waals surface area contributed by atoms with Gasteiger partial charge in [0.2, 0.25) is 0 Å². The molecule has 0 aliphatic rings. The quantitative estimate of drug-likeness (QED) is 0.741. The molecule has 1 heterocycles. The fourth-order valence-corrected chi connectivity index (χ4v) is 2.22. The van der Waals surface area contributed by atoms with Crippen LogP contribution in [0.4, 0.5) is 11.4 Å². The van der Waals surface area contributed by atoms with Crippen molar-refractivity contribution in [2.75, 3.05) is 5.32 Å². The van der Waals surface area contributed by atoms with Gasteiger partial charge in [-0.3, -0.25) is 4.57 Å². The first-order chi connectivity index (χ1) is 10.1. The number of H-pyrrole nitrogens is 1. The Balaban J connectivity index is 1.98. The maximum absolute atomic E-state index is 11.7. The second kappa shape index (κ2) is 5.16. The van der Waals surface area contributed by atoms with E-state index in [1.165, 1.54) is 0 Å². The molecule has 106 valence electrons. The van der Waals surface area contributed by atoms with Gasteiger partial charge in [-0.2, -0.15) is 0 Å². The Kier molecular flexibility index (Phi) is 3.19. The first kappa shape index (κ1) is 13.0. The molecular weight excluding hydrogens is 270 g/mol. The molecule has 0 bridgehead atoms. The van der Waals surface area contributed by atoms with E-state index in [0.717, 1.165) is 15.9 Å². The van der Waals surface area contributed by atoms with Crippen molar-refractivity contribution in [2.24, 2.45) is 0 Å². The van der Waals surface area contributed by atoms with Crippen LogP contribution in [0.25, 0.3) is 11.0 Å². The first-order valence-electron chi connectivity index (χ1n) is 6.38. The topological polar surface area (TPSA) is 89.9 Å². The summed E-state index contributed by atoms with van der Waals surface area (Å²) in [6.07, 6.45) is 0. The normalized spacial score (nSPS) is 10.7. The molecule has 2 aromatic carbocycles. The van der Waals surface area contributed by atoms with E-state index in [1.54, 1.807) is 18.2 Å². The third-order valence-corrected chi connectivity index (χ3v) is 3.12. The molecule has 1 aromatic heterocycles. The maximum atomic E-state index is 11.7. The Morgan fingerprint density at radius 1 is 1.14 bits per heavy atom. The van der Waals surface area contributed by atoms with E-state index in [2.05, 4.69) is 10.3 Å². The number of nitrogens with zero attached hydrogens (tertiary/aromatic N) is 1. The van der Waals surface area contributed by atoms with Crippen molar-refractivity contribution in [3.8, 4) is 0 Å². The van der Waals surface area contributed by atoms with Crippen molar-refractivity contribution in [1.82, 2.24) is 9.55 Å². The number of para-hydroxylation sites is 1. The molecule has 0 unspecified atom stereocenters. The van der Waals surface area contributed by atoms with E-state index < -0.39 is 18.2 Å². The van der Waals surface area contributed by atoms with Crippen LogP contribution in [-0.4, -0.2) is 15.5 Å². The van der Waals surface area contributed by atoms with Crippen LogP contribution >= 0.6 is 0 Å². The minimum absolute atomic E-state index is 0.467. The van der Waals surface area contributed by atoms with Gasteiger partial charge in [-0.25, -0.2) is 4.79 Å². The Morgan fingerprint density at radius 3 is 2.62 bits per heavy atom. The van der Waals surface area contributed by atoms with E-state index in [1.807, 2.05) is 30.3 Å². The molecule has 0 saturated carbocycles. The summed E-state index contributed by atoms with van der Waals surface area (Å²) in [5, 5.41) is 13.9. The monoisotopic (exact) mass is 282 g/mol. The van der Waals surface area contributed by atoms with Gasteiger partial charge in [0.05, 0.1) is 23.5 Å². The molecule has 2 N–H and O–H groups in total. The maximum Gasteiger partial charge on any atom is 0.326 e. The fraction of sp³-hybridized carbons (Fsp3) is 0.0667. The van der Waals surface area contributed by atoms with Gasteiger partial charge >= 0.3 is 5.69 Å². The number of carboxylic acids is 1. The summed E-state index contributed by atoms with van der Waals surface area (Å²) in [7, 11) is 0. The smallest absolute Gasteiger partial charge is 0.326 e. The average Bonchev–Trinajstić information content (AvgIpc) is 2.75. The summed E-state index contributed by atoms with van der Waals surface area (Å²) in [5.41, 5.74) is 2.36. The summed E-state index contributed by atoms with van der Waals surface area (Å²) >= 11 is 0. The van der Waals surface area contributed by atoms with Crippen molar-refractivity contribution in [1.29, 1.82) is 0 Å². The lowest BCUT2D eigenvalue weighted by atomic mass is 10.2. The van der Waals surface area contributed by atoms with Crippen LogP contribution in [0.2, 0.25) is 0 Å². The number of carbonyl (C=O) groups is 1. The second-order valence-electron chi connectivity index (χ2n) is 4.61. The summed E-state index contributed by atoms with van der Waals surface area (Å²) in [4.78, 5) is 25.0. The third kappa shape index (κ3) is 2.64. The summed E-state index contributed by atoms with van der Waals surface area (Å²) in [5.74, 6) is -1.30. The molecule has 0 amide bonds. The van der Waals surface area contributed by atoms with Crippen LogP contribution in [-0.2, 0) is 11.3 Å². The molecule has 0 atom stereocenters. The third-order valence-electron chi connectivity index (χ3n) is 3.12. The number of rotatable bonds is 4. The van der Waals surface area contributed by atoms with Crippen LogP contribution in [0.1, 0.15) is 0 Å². The highest BCUT2D eigenvalue weighted by molar-refractivity contribution is 5.82. The highest BCUT2D eigenvalue weighted by Crippen LogP contribution is 2.20. The highest BCUT2D eigenvalue weighted by atomic mass is 16.4. The van der Waals surface area contributed by atoms with Gasteiger partial charge in [-0.1, -0.05) is 18.2 Å². The zero-order valence-corrected chi connectivity index (χ0v) is 11.0. The van der Waals surface area contributed by atoms with E-state index in [0.29, 0.717) is 11.0 Å². The van der Waals surface area contributed by atoms with Crippen molar-refractivity contribution in [3.63, 3.8) is 0 Å². The largest absolute Gasteiger partial charge is 0.548 e. The lowest BCUT2D eigenvalue weighted by Crippen LogP contribution is -2.31. The number of nitrogens with one attached hydrogen (secondary N) is 2. The van der Waals surface area contributed by atoms with E-state index in [9.17, 15) is 14.7 Å². The van der Waals surface area contributed by atoms with Gasteiger partial charge in [0.25, 0.3) is 0 Å². The van der Waals surface area contributed by atoms with E-state index >= 15 is 0 Å². The van der Waals surface area contributed by atoms with Gasteiger partial charge in [-0.15, -0.1) is 0 Å². The van der Waals surface area contributed by atoms with Crippen LogP contribution in [0.3, 0.4) is 0 Å². The van der Waals surface area contributed by atoms with Gasteiger partial charge in [0.1, 0.15) is 0 Å². The van der Waals surface area contributed by atoms with Crippen molar-refractivity contribution >= 4 is 28.4 Å². The van der Waals surface area contributed by atoms with E-state index in [-0.39, 0.29) is 0 Å². The molecule has 0 radical (unpaired) electrons. The molecule has 6 heteroatoms. The predicted molar refractivity (Wildman–Crippen MR) is 77.3 cm³/mol. The molecule has 0 saturated heterocycles. The number of aromatic nitrogens is 2. The minimum atomic E-state index is -1.30. The zero-order chi connectivity index (χ0) is 14.8. The standard InChI is InChI=1S/C15H13N3O3/c19-14(20)9-18-13-7-6-11(8-12(13)17-15(18)21)16-10-4-2-1-3-5-10/h1-8,16H,9H2,(H,17,21)(H,19,20)/p-1. The Morgan fingerprint density at radius 2 is 1.90 bits per heavy atom. The molecule has 21 heavy (non-hydrogen) atoms. The second-order valence-corrected chi connectivity index (χ2v) is 4.61. The van der Waals surface area contributed by atoms with Crippen molar-refractivity contribution in [2.45, 2.75) is 6.54 Å². The number of hydrogen-bond donors (Lipinski definition) is 2. The molecule has 0 fully saturated rings. The Bertz CT molecular complexity index is 849. The van der Waals surface area contributed by atoms with Gasteiger partial charge < -0.3 is 20.2 Å². The predicted octanol–water partition coefficient (Wildman–Crippen LogP) is 0.823.